The van der Waals surface area contributed by atoms with Gasteiger partial charge in [0.1, 0.15) is 11.3 Å². The molecule has 5 nitrogen and oxygen atoms in total. The molecule has 5 heteroatoms. The first-order valence-electron chi connectivity index (χ1n) is 10.5. The molecule has 4 aromatic rings. The monoisotopic (exact) mass is 412 g/mol. The number of anilines is 1. The summed E-state index contributed by atoms with van der Waals surface area (Å²) in [4.78, 5) is 8.83. The minimum absolute atomic E-state index is 0.104. The Kier molecular flexibility index (Phi) is 5.36. The van der Waals surface area contributed by atoms with E-state index in [1.165, 1.54) is 5.56 Å². The molecular formula is C26H28N4O. The summed E-state index contributed by atoms with van der Waals surface area (Å²) >= 11 is 0. The number of nitrogens with one attached hydrogen (secondary N) is 1. The second kappa shape index (κ2) is 7.99. The Balaban J connectivity index is 1.82. The molecule has 0 unspecified atom stereocenters. The van der Waals surface area contributed by atoms with Gasteiger partial charge in [0.05, 0.1) is 5.36 Å². The zero-order valence-electron chi connectivity index (χ0n) is 18.9. The number of hydrogen-bond acceptors (Lipinski definition) is 5. The summed E-state index contributed by atoms with van der Waals surface area (Å²) in [6, 6.07) is 18.5. The fourth-order valence-corrected chi connectivity index (χ4v) is 3.53. The van der Waals surface area contributed by atoms with Crippen LogP contribution in [0.3, 0.4) is 0 Å². The van der Waals surface area contributed by atoms with Gasteiger partial charge in [-0.15, -0.1) is 0 Å². The van der Waals surface area contributed by atoms with Gasteiger partial charge in [0, 0.05) is 28.4 Å². The quantitative estimate of drug-likeness (QED) is 0.417. The maximum atomic E-state index is 6.27. The number of aromatic nitrogens is 2. The first-order valence-corrected chi connectivity index (χ1v) is 10.5. The molecule has 0 atom stereocenters. The highest BCUT2D eigenvalue weighted by Crippen LogP contribution is 2.27. The molecule has 31 heavy (non-hydrogen) atoms. The van der Waals surface area contributed by atoms with E-state index < -0.39 is 0 Å². The molecule has 0 aliphatic heterocycles. The van der Waals surface area contributed by atoms with Crippen molar-refractivity contribution in [1.82, 2.24) is 9.97 Å². The number of fused-ring (bicyclic) bond motifs is 1. The van der Waals surface area contributed by atoms with E-state index in [2.05, 4.69) is 78.5 Å². The number of nitrogens with zero attached hydrogens (tertiary/aromatic N) is 3. The molecule has 0 saturated carbocycles. The summed E-state index contributed by atoms with van der Waals surface area (Å²) in [5.41, 5.74) is 9.13. The van der Waals surface area contributed by atoms with Gasteiger partial charge in [-0.25, -0.2) is 15.4 Å². The molecule has 2 aromatic heterocycles. The van der Waals surface area contributed by atoms with E-state index in [4.69, 9.17) is 4.42 Å². The number of benzene rings is 2. The summed E-state index contributed by atoms with van der Waals surface area (Å²) in [5.74, 6) is 1.25. The van der Waals surface area contributed by atoms with Crippen molar-refractivity contribution in [2.45, 2.75) is 47.0 Å². The van der Waals surface area contributed by atoms with E-state index in [-0.39, 0.29) is 5.41 Å². The summed E-state index contributed by atoms with van der Waals surface area (Å²) in [5, 5.41) is 6.33. The van der Waals surface area contributed by atoms with Gasteiger partial charge in [-0.3, -0.25) is 0 Å². The van der Waals surface area contributed by atoms with Crippen molar-refractivity contribution in [1.29, 1.82) is 0 Å². The lowest BCUT2D eigenvalue weighted by molar-refractivity contribution is 0.589. The lowest BCUT2D eigenvalue weighted by atomic mass is 9.86. The van der Waals surface area contributed by atoms with Gasteiger partial charge in [0.25, 0.3) is 0 Å². The molecule has 0 radical (unpaired) electrons. The van der Waals surface area contributed by atoms with Crippen molar-refractivity contribution in [3.63, 3.8) is 0 Å². The number of hydrogen-bond donors (Lipinski definition) is 1. The Morgan fingerprint density at radius 2 is 1.52 bits per heavy atom. The maximum absolute atomic E-state index is 6.27. The third kappa shape index (κ3) is 4.66. The highest BCUT2D eigenvalue weighted by molar-refractivity contribution is 5.79. The van der Waals surface area contributed by atoms with Crippen molar-refractivity contribution in [3.8, 4) is 11.3 Å². The van der Waals surface area contributed by atoms with Gasteiger partial charge in [-0.2, -0.15) is 5.10 Å². The molecule has 0 aliphatic carbocycles. The minimum atomic E-state index is 0.104. The topological polar surface area (TPSA) is 63.3 Å². The number of aryl methyl sites for hydroxylation is 3. The van der Waals surface area contributed by atoms with Gasteiger partial charge >= 0.3 is 0 Å². The zero-order valence-corrected chi connectivity index (χ0v) is 18.9. The molecule has 158 valence electrons. The van der Waals surface area contributed by atoms with Crippen LogP contribution in [0.2, 0.25) is 0 Å². The summed E-state index contributed by atoms with van der Waals surface area (Å²) in [6.45, 7) is 12.6. The third-order valence-corrected chi connectivity index (χ3v) is 5.19. The van der Waals surface area contributed by atoms with Crippen molar-refractivity contribution in [2.24, 2.45) is 5.10 Å². The summed E-state index contributed by atoms with van der Waals surface area (Å²) < 4.78 is 6.27. The molecule has 0 spiro atoms. The van der Waals surface area contributed by atoms with Crippen LogP contribution < -0.4 is 10.8 Å². The fourth-order valence-electron chi connectivity index (χ4n) is 3.53. The average Bonchev–Trinajstić information content (AvgIpc) is 2.70. The van der Waals surface area contributed by atoms with Gasteiger partial charge in [-0.1, -0.05) is 51.1 Å². The van der Waals surface area contributed by atoms with Gasteiger partial charge in [0.15, 0.2) is 0 Å². The van der Waals surface area contributed by atoms with E-state index in [1.807, 2.05) is 38.1 Å². The third-order valence-electron chi connectivity index (χ3n) is 5.19. The van der Waals surface area contributed by atoms with Crippen LogP contribution >= 0.6 is 0 Å². The first kappa shape index (κ1) is 20.8. The normalized spacial score (nSPS) is 12.4. The molecule has 2 aromatic carbocycles. The Morgan fingerprint density at radius 3 is 2.16 bits per heavy atom. The average molecular weight is 413 g/mol. The minimum Gasteiger partial charge on any atom is -0.456 e. The lowest BCUT2D eigenvalue weighted by Crippen LogP contribution is -2.11. The molecule has 0 fully saturated rings. The SMILES string of the molecule is Cc1ccc2c(=NNc3nc(C)cc(C)n3)cc(-c3ccc(C(C)(C)C)cc3)oc2c1. The largest absolute Gasteiger partial charge is 0.456 e. The Labute approximate surface area is 182 Å². The Bertz CT molecular complexity index is 1290. The van der Waals surface area contributed by atoms with E-state index in [9.17, 15) is 0 Å². The molecule has 4 rings (SSSR count). The van der Waals surface area contributed by atoms with Crippen LogP contribution in [-0.4, -0.2) is 9.97 Å². The summed E-state index contributed by atoms with van der Waals surface area (Å²) in [6.07, 6.45) is 0. The fraction of sp³-hybridized carbons (Fsp3) is 0.269. The van der Waals surface area contributed by atoms with Crippen molar-refractivity contribution < 1.29 is 4.42 Å². The molecule has 0 bridgehead atoms. The Hall–Kier alpha value is -3.47. The standard InChI is InChI=1S/C26H28N4O/c1-16-7-12-21-22(29-30-25-27-17(2)14-18(3)28-25)15-23(31-24(21)13-16)19-8-10-20(11-9-19)26(4,5)6/h7-15H,1-6H3,(H,27,28,30). The van der Waals surface area contributed by atoms with E-state index in [0.717, 1.165) is 44.6 Å². The van der Waals surface area contributed by atoms with Gasteiger partial charge in [-0.05, 0) is 55.5 Å². The first-order chi connectivity index (χ1) is 14.7. The van der Waals surface area contributed by atoms with Crippen LogP contribution in [0.4, 0.5) is 5.95 Å². The molecule has 2 heterocycles. The van der Waals surface area contributed by atoms with E-state index in [0.29, 0.717) is 5.95 Å². The molecule has 0 aliphatic rings. The highest BCUT2D eigenvalue weighted by Gasteiger charge is 2.14. The molecule has 1 N–H and O–H groups in total. The van der Waals surface area contributed by atoms with Crippen LogP contribution in [0.1, 0.15) is 43.3 Å². The number of rotatable bonds is 3. The van der Waals surface area contributed by atoms with Crippen LogP contribution in [0.25, 0.3) is 22.3 Å². The van der Waals surface area contributed by atoms with E-state index >= 15 is 0 Å². The lowest BCUT2D eigenvalue weighted by Gasteiger charge is -2.19. The van der Waals surface area contributed by atoms with E-state index in [1.54, 1.807) is 0 Å². The van der Waals surface area contributed by atoms with Crippen molar-refractivity contribution in [2.75, 3.05) is 5.43 Å². The van der Waals surface area contributed by atoms with Crippen LogP contribution in [0.15, 0.2) is 64.1 Å². The Morgan fingerprint density at radius 1 is 0.839 bits per heavy atom. The predicted molar refractivity (Wildman–Crippen MR) is 126 cm³/mol. The molecular weight excluding hydrogens is 384 g/mol. The van der Waals surface area contributed by atoms with Crippen LogP contribution in [0, 0.1) is 20.8 Å². The second-order valence-electron chi connectivity index (χ2n) is 9.02. The van der Waals surface area contributed by atoms with Crippen molar-refractivity contribution in [3.05, 3.63) is 82.5 Å². The zero-order chi connectivity index (χ0) is 22.2. The second-order valence-corrected chi connectivity index (χ2v) is 9.02. The van der Waals surface area contributed by atoms with Gasteiger partial charge < -0.3 is 4.42 Å². The van der Waals surface area contributed by atoms with Gasteiger partial charge in [0.2, 0.25) is 5.95 Å². The molecule has 0 saturated heterocycles. The maximum Gasteiger partial charge on any atom is 0.243 e. The predicted octanol–water partition coefficient (Wildman–Crippen LogP) is 6.04. The smallest absolute Gasteiger partial charge is 0.243 e. The van der Waals surface area contributed by atoms with Crippen LogP contribution in [0.5, 0.6) is 0 Å². The highest BCUT2D eigenvalue weighted by atomic mass is 16.3. The van der Waals surface area contributed by atoms with Crippen LogP contribution in [-0.2, 0) is 5.41 Å². The summed E-state index contributed by atoms with van der Waals surface area (Å²) in [7, 11) is 0. The molecule has 0 amide bonds. The van der Waals surface area contributed by atoms with Crippen molar-refractivity contribution >= 4 is 16.9 Å².